The van der Waals surface area contributed by atoms with Crippen molar-refractivity contribution in [3.63, 3.8) is 0 Å². The van der Waals surface area contributed by atoms with E-state index < -0.39 is 0 Å². The highest BCUT2D eigenvalue weighted by Crippen LogP contribution is 2.42. The molecule has 0 aliphatic heterocycles. The average molecular weight is 256 g/mol. The van der Waals surface area contributed by atoms with E-state index in [-0.39, 0.29) is 6.04 Å². The van der Waals surface area contributed by atoms with E-state index in [1.807, 2.05) is 25.7 Å². The Morgan fingerprint density at radius 3 is 2.76 bits per heavy atom. The minimum atomic E-state index is 0.0938. The van der Waals surface area contributed by atoms with E-state index in [0.29, 0.717) is 16.7 Å². The highest BCUT2D eigenvalue weighted by Gasteiger charge is 2.36. The van der Waals surface area contributed by atoms with Gasteiger partial charge in [-0.15, -0.1) is 5.10 Å². The van der Waals surface area contributed by atoms with Crippen LogP contribution in [0, 0.1) is 0 Å². The van der Waals surface area contributed by atoms with Crippen LogP contribution in [-0.2, 0) is 0 Å². The second-order valence-corrected chi connectivity index (χ2v) is 5.82. The van der Waals surface area contributed by atoms with Crippen LogP contribution >= 0.6 is 11.8 Å². The van der Waals surface area contributed by atoms with Gasteiger partial charge in [0, 0.05) is 11.3 Å². The number of nitrogens with zero attached hydrogens (tertiary/aromatic N) is 2. The van der Waals surface area contributed by atoms with Crippen molar-refractivity contribution < 1.29 is 4.42 Å². The molecular formula is C11H20N4OS. The molecule has 1 fully saturated rings. The number of rotatable bonds is 6. The molecule has 0 spiro atoms. The topological polar surface area (TPSA) is 63.0 Å². The van der Waals surface area contributed by atoms with Gasteiger partial charge in [0.2, 0.25) is 5.89 Å². The predicted molar refractivity (Wildman–Crippen MR) is 70.4 cm³/mol. The third-order valence-corrected chi connectivity index (χ3v) is 4.92. The first-order valence-corrected chi connectivity index (χ1v) is 7.21. The Hall–Kier alpha value is -0.750. The van der Waals surface area contributed by atoms with Gasteiger partial charge < -0.3 is 15.1 Å². The molecule has 1 aromatic heterocycles. The maximum Gasteiger partial charge on any atom is 0.315 e. The van der Waals surface area contributed by atoms with Crippen LogP contribution in [0.4, 0.5) is 6.01 Å². The minimum Gasteiger partial charge on any atom is -0.406 e. The number of hydrogen-bond acceptors (Lipinski definition) is 6. The first-order chi connectivity index (χ1) is 8.19. The average Bonchev–Trinajstić information content (AvgIpc) is 2.76. The van der Waals surface area contributed by atoms with E-state index in [0.717, 1.165) is 6.54 Å². The Morgan fingerprint density at radius 1 is 1.47 bits per heavy atom. The van der Waals surface area contributed by atoms with Crippen LogP contribution in [-0.4, -0.2) is 34.8 Å². The van der Waals surface area contributed by atoms with Crippen molar-refractivity contribution in [2.45, 2.75) is 37.0 Å². The first kappa shape index (κ1) is 12.7. The van der Waals surface area contributed by atoms with Gasteiger partial charge in [-0.3, -0.25) is 0 Å². The van der Waals surface area contributed by atoms with Crippen LogP contribution in [0.5, 0.6) is 0 Å². The molecule has 2 N–H and O–H groups in total. The largest absolute Gasteiger partial charge is 0.406 e. The second kappa shape index (κ2) is 5.27. The molecule has 0 saturated heterocycles. The zero-order valence-electron chi connectivity index (χ0n) is 10.6. The van der Waals surface area contributed by atoms with Crippen LogP contribution in [0.1, 0.15) is 38.1 Å². The Kier molecular flexibility index (Phi) is 3.93. The third-order valence-electron chi connectivity index (χ3n) is 3.50. The number of aromatic nitrogens is 2. The molecule has 2 rings (SSSR count). The van der Waals surface area contributed by atoms with Crippen LogP contribution in [0.3, 0.4) is 0 Å². The molecule has 0 amide bonds. The van der Waals surface area contributed by atoms with Crippen molar-refractivity contribution in [2.24, 2.45) is 0 Å². The molecular weight excluding hydrogens is 236 g/mol. The van der Waals surface area contributed by atoms with Crippen molar-refractivity contribution in [1.29, 1.82) is 0 Å². The van der Waals surface area contributed by atoms with E-state index in [2.05, 4.69) is 27.1 Å². The summed E-state index contributed by atoms with van der Waals surface area (Å²) in [5, 5.41) is 14.3. The summed E-state index contributed by atoms with van der Waals surface area (Å²) in [6.45, 7) is 2.90. The summed E-state index contributed by atoms with van der Waals surface area (Å²) in [5.74, 6) is 0.627. The molecule has 1 heterocycles. The van der Waals surface area contributed by atoms with Gasteiger partial charge in [-0.05, 0) is 33.1 Å². The number of hydrogen-bond donors (Lipinski definition) is 2. The van der Waals surface area contributed by atoms with Crippen LogP contribution in [0.25, 0.3) is 0 Å². The van der Waals surface area contributed by atoms with Gasteiger partial charge in [-0.2, -0.15) is 11.8 Å². The zero-order valence-corrected chi connectivity index (χ0v) is 11.4. The van der Waals surface area contributed by atoms with Gasteiger partial charge in [0.05, 0.1) is 6.04 Å². The molecule has 0 bridgehead atoms. The van der Waals surface area contributed by atoms with Gasteiger partial charge in [-0.1, -0.05) is 11.5 Å². The Labute approximate surface area is 106 Å². The molecule has 1 saturated carbocycles. The zero-order chi connectivity index (χ0) is 12.3. The molecule has 1 aliphatic rings. The summed E-state index contributed by atoms with van der Waals surface area (Å²) >= 11 is 1.93. The Bertz CT molecular complexity index is 359. The molecule has 96 valence electrons. The molecule has 1 atom stereocenters. The van der Waals surface area contributed by atoms with Crippen molar-refractivity contribution in [1.82, 2.24) is 15.5 Å². The Morgan fingerprint density at radius 2 is 2.24 bits per heavy atom. The third kappa shape index (κ3) is 2.74. The number of nitrogens with one attached hydrogen (secondary N) is 2. The van der Waals surface area contributed by atoms with E-state index >= 15 is 0 Å². The summed E-state index contributed by atoms with van der Waals surface area (Å²) in [6.07, 6.45) is 6.04. The molecule has 0 radical (unpaired) electrons. The molecule has 5 nitrogen and oxygen atoms in total. The van der Waals surface area contributed by atoms with Gasteiger partial charge in [0.15, 0.2) is 0 Å². The summed E-state index contributed by atoms with van der Waals surface area (Å²) < 4.78 is 5.92. The lowest BCUT2D eigenvalue weighted by Crippen LogP contribution is -2.40. The number of thioether (sulfide) groups is 1. The summed E-state index contributed by atoms with van der Waals surface area (Å²) in [4.78, 5) is 0. The van der Waals surface area contributed by atoms with Gasteiger partial charge in [0.1, 0.15) is 0 Å². The lowest BCUT2D eigenvalue weighted by molar-refractivity contribution is 0.374. The predicted octanol–water partition coefficient (Wildman–Crippen LogP) is 2.05. The standard InChI is InChI=1S/C11H20N4OS/c1-8(12-2)9-14-15-10(16-9)13-7-11(17-3)5-4-6-11/h8,12H,4-7H2,1-3H3,(H,13,15). The van der Waals surface area contributed by atoms with Crippen LogP contribution in [0.2, 0.25) is 0 Å². The lowest BCUT2D eigenvalue weighted by Gasteiger charge is -2.40. The fourth-order valence-corrected chi connectivity index (χ4v) is 2.78. The van der Waals surface area contributed by atoms with E-state index in [9.17, 15) is 0 Å². The van der Waals surface area contributed by atoms with Gasteiger partial charge >= 0.3 is 6.01 Å². The van der Waals surface area contributed by atoms with Crippen LogP contribution < -0.4 is 10.6 Å². The monoisotopic (exact) mass is 256 g/mol. The second-order valence-electron chi connectivity index (χ2n) is 4.55. The van der Waals surface area contributed by atoms with Crippen molar-refractivity contribution in [2.75, 3.05) is 25.2 Å². The molecule has 17 heavy (non-hydrogen) atoms. The highest BCUT2D eigenvalue weighted by molar-refractivity contribution is 8.00. The Balaban J connectivity index is 1.89. The van der Waals surface area contributed by atoms with Gasteiger partial charge in [-0.25, -0.2) is 0 Å². The smallest absolute Gasteiger partial charge is 0.315 e. The molecule has 1 aromatic rings. The summed E-state index contributed by atoms with van der Waals surface area (Å²) in [6, 6.07) is 0.624. The van der Waals surface area contributed by atoms with E-state index in [1.54, 1.807) is 0 Å². The summed E-state index contributed by atoms with van der Waals surface area (Å²) in [5.41, 5.74) is 0. The molecule has 1 unspecified atom stereocenters. The quantitative estimate of drug-likeness (QED) is 0.812. The van der Waals surface area contributed by atoms with Gasteiger partial charge in [0.25, 0.3) is 0 Å². The number of anilines is 1. The fourth-order valence-electron chi connectivity index (χ4n) is 1.87. The van der Waals surface area contributed by atoms with Crippen molar-refractivity contribution in [3.8, 4) is 0 Å². The highest BCUT2D eigenvalue weighted by atomic mass is 32.2. The van der Waals surface area contributed by atoms with Crippen molar-refractivity contribution in [3.05, 3.63) is 5.89 Å². The summed E-state index contributed by atoms with van der Waals surface area (Å²) in [7, 11) is 1.87. The van der Waals surface area contributed by atoms with Crippen LogP contribution in [0.15, 0.2) is 4.42 Å². The van der Waals surface area contributed by atoms with E-state index in [4.69, 9.17) is 4.42 Å². The maximum absolute atomic E-state index is 5.54. The fraction of sp³-hybridized carbons (Fsp3) is 0.818. The lowest BCUT2D eigenvalue weighted by atomic mass is 9.84. The van der Waals surface area contributed by atoms with E-state index in [1.165, 1.54) is 19.3 Å². The first-order valence-electron chi connectivity index (χ1n) is 5.99. The maximum atomic E-state index is 5.54. The van der Waals surface area contributed by atoms with Crippen molar-refractivity contribution >= 4 is 17.8 Å². The SMILES string of the molecule is CNC(C)c1nnc(NCC2(SC)CCC2)o1. The molecule has 6 heteroatoms. The molecule has 0 aromatic carbocycles. The normalized spacial score (nSPS) is 19.7. The minimum absolute atomic E-state index is 0.0938. The molecule has 1 aliphatic carbocycles.